The molecule has 3 N–H and O–H groups in total. The van der Waals surface area contributed by atoms with E-state index >= 15 is 0 Å². The third-order valence-corrected chi connectivity index (χ3v) is 2.18. The largest absolute Gasteiger partial charge is 0.492 e. The standard InChI is InChI=1S/C10H14ClNO2/c1-3-14-10-4-7(6(2)13)9(12)5-8(10)11/h4-6,13H,3,12H2,1-2H3. The number of halogens is 1. The number of nitrogen functional groups attached to an aromatic ring is 1. The van der Waals surface area contributed by atoms with Crippen LogP contribution in [0.2, 0.25) is 5.02 Å². The van der Waals surface area contributed by atoms with E-state index in [-0.39, 0.29) is 0 Å². The first-order valence-corrected chi connectivity index (χ1v) is 4.83. The third kappa shape index (κ3) is 2.30. The summed E-state index contributed by atoms with van der Waals surface area (Å²) in [5.41, 5.74) is 6.80. The molecule has 0 saturated carbocycles. The van der Waals surface area contributed by atoms with Crippen LogP contribution in [0.1, 0.15) is 25.5 Å². The lowest BCUT2D eigenvalue weighted by Crippen LogP contribution is -2.01. The van der Waals surface area contributed by atoms with E-state index in [4.69, 9.17) is 22.1 Å². The molecule has 1 aromatic rings. The average Bonchev–Trinajstić information content (AvgIpc) is 2.09. The van der Waals surface area contributed by atoms with E-state index < -0.39 is 6.10 Å². The lowest BCUT2D eigenvalue weighted by atomic mass is 10.1. The van der Waals surface area contributed by atoms with E-state index in [0.29, 0.717) is 28.6 Å². The minimum Gasteiger partial charge on any atom is -0.492 e. The van der Waals surface area contributed by atoms with Gasteiger partial charge in [0.05, 0.1) is 17.7 Å². The first-order valence-electron chi connectivity index (χ1n) is 4.46. The van der Waals surface area contributed by atoms with Gasteiger partial charge in [0.2, 0.25) is 0 Å². The molecule has 1 unspecified atom stereocenters. The number of aliphatic hydroxyl groups excluding tert-OH is 1. The van der Waals surface area contributed by atoms with Gasteiger partial charge in [-0.25, -0.2) is 0 Å². The normalized spacial score (nSPS) is 12.6. The van der Waals surface area contributed by atoms with Crippen molar-refractivity contribution in [1.82, 2.24) is 0 Å². The van der Waals surface area contributed by atoms with E-state index in [1.54, 1.807) is 19.1 Å². The van der Waals surface area contributed by atoms with Gasteiger partial charge in [-0.15, -0.1) is 0 Å². The molecular formula is C10H14ClNO2. The number of rotatable bonds is 3. The predicted octanol–water partition coefficient (Wildman–Crippen LogP) is 2.37. The summed E-state index contributed by atoms with van der Waals surface area (Å²) in [6.07, 6.45) is -0.619. The Hall–Kier alpha value is -0.930. The molecule has 0 saturated heterocycles. The Bertz CT molecular complexity index is 326. The van der Waals surface area contributed by atoms with Gasteiger partial charge in [-0.1, -0.05) is 11.6 Å². The summed E-state index contributed by atoms with van der Waals surface area (Å²) in [6.45, 7) is 4.05. The number of anilines is 1. The van der Waals surface area contributed by atoms with Crippen LogP contribution in [-0.4, -0.2) is 11.7 Å². The summed E-state index contributed by atoms with van der Waals surface area (Å²) >= 11 is 5.90. The zero-order valence-electron chi connectivity index (χ0n) is 8.25. The third-order valence-electron chi connectivity index (χ3n) is 1.89. The molecule has 78 valence electrons. The predicted molar refractivity (Wildman–Crippen MR) is 57.7 cm³/mol. The fourth-order valence-corrected chi connectivity index (χ4v) is 1.44. The molecule has 0 bridgehead atoms. The van der Waals surface area contributed by atoms with Gasteiger partial charge in [0, 0.05) is 11.3 Å². The summed E-state index contributed by atoms with van der Waals surface area (Å²) in [5.74, 6) is 0.555. The topological polar surface area (TPSA) is 55.5 Å². The van der Waals surface area contributed by atoms with Crippen molar-refractivity contribution in [3.63, 3.8) is 0 Å². The highest BCUT2D eigenvalue weighted by molar-refractivity contribution is 6.32. The van der Waals surface area contributed by atoms with Crippen molar-refractivity contribution < 1.29 is 9.84 Å². The van der Waals surface area contributed by atoms with E-state index in [2.05, 4.69) is 0 Å². The van der Waals surface area contributed by atoms with Crippen LogP contribution in [0, 0.1) is 0 Å². The molecule has 0 aliphatic heterocycles. The smallest absolute Gasteiger partial charge is 0.138 e. The minimum absolute atomic E-state index is 0.466. The summed E-state index contributed by atoms with van der Waals surface area (Å²) in [7, 11) is 0. The van der Waals surface area contributed by atoms with E-state index in [1.165, 1.54) is 0 Å². The van der Waals surface area contributed by atoms with Crippen LogP contribution < -0.4 is 10.5 Å². The Morgan fingerprint density at radius 2 is 2.21 bits per heavy atom. The van der Waals surface area contributed by atoms with E-state index in [1.807, 2.05) is 6.92 Å². The van der Waals surface area contributed by atoms with Gasteiger partial charge in [-0.05, 0) is 26.0 Å². The Morgan fingerprint density at radius 1 is 1.57 bits per heavy atom. The maximum Gasteiger partial charge on any atom is 0.138 e. The highest BCUT2D eigenvalue weighted by atomic mass is 35.5. The summed E-state index contributed by atoms with van der Waals surface area (Å²) in [4.78, 5) is 0. The number of aliphatic hydroxyl groups is 1. The Kier molecular flexibility index (Phi) is 3.61. The monoisotopic (exact) mass is 215 g/mol. The lowest BCUT2D eigenvalue weighted by molar-refractivity contribution is 0.199. The minimum atomic E-state index is -0.619. The van der Waals surface area contributed by atoms with Crippen LogP contribution >= 0.6 is 11.6 Å². The van der Waals surface area contributed by atoms with Crippen LogP contribution in [0.4, 0.5) is 5.69 Å². The lowest BCUT2D eigenvalue weighted by Gasteiger charge is -2.12. The van der Waals surface area contributed by atoms with Gasteiger partial charge in [0.25, 0.3) is 0 Å². The van der Waals surface area contributed by atoms with Crippen molar-refractivity contribution in [1.29, 1.82) is 0 Å². The van der Waals surface area contributed by atoms with Gasteiger partial charge in [-0.3, -0.25) is 0 Å². The van der Waals surface area contributed by atoms with Gasteiger partial charge < -0.3 is 15.6 Å². The summed E-state index contributed by atoms with van der Waals surface area (Å²) in [6, 6.07) is 3.26. The molecule has 0 spiro atoms. The van der Waals surface area contributed by atoms with Crippen LogP contribution in [-0.2, 0) is 0 Å². The van der Waals surface area contributed by atoms with Gasteiger partial charge in [-0.2, -0.15) is 0 Å². The molecule has 0 amide bonds. The van der Waals surface area contributed by atoms with Crippen molar-refractivity contribution in [2.24, 2.45) is 0 Å². The molecule has 4 heteroatoms. The molecule has 1 atom stereocenters. The second kappa shape index (κ2) is 4.53. The highest BCUT2D eigenvalue weighted by Crippen LogP contribution is 2.32. The summed E-state index contributed by atoms with van der Waals surface area (Å²) < 4.78 is 5.28. The van der Waals surface area contributed by atoms with E-state index in [9.17, 15) is 5.11 Å². The highest BCUT2D eigenvalue weighted by Gasteiger charge is 2.10. The molecule has 0 aromatic heterocycles. The molecule has 1 rings (SSSR count). The number of hydrogen-bond donors (Lipinski definition) is 2. The van der Waals surface area contributed by atoms with Crippen LogP contribution in [0.3, 0.4) is 0 Å². The van der Waals surface area contributed by atoms with E-state index in [0.717, 1.165) is 0 Å². The maximum absolute atomic E-state index is 9.41. The number of nitrogens with two attached hydrogens (primary N) is 1. The summed E-state index contributed by atoms with van der Waals surface area (Å²) in [5, 5.41) is 9.88. The van der Waals surface area contributed by atoms with Crippen molar-refractivity contribution in [3.8, 4) is 5.75 Å². The molecule has 14 heavy (non-hydrogen) atoms. The van der Waals surface area contributed by atoms with Crippen LogP contribution in [0.5, 0.6) is 5.75 Å². The van der Waals surface area contributed by atoms with Crippen molar-refractivity contribution >= 4 is 17.3 Å². The second-order valence-electron chi connectivity index (χ2n) is 3.02. The first-order chi connectivity index (χ1) is 6.56. The van der Waals surface area contributed by atoms with Crippen LogP contribution in [0.15, 0.2) is 12.1 Å². The number of ether oxygens (including phenoxy) is 1. The second-order valence-corrected chi connectivity index (χ2v) is 3.43. The zero-order valence-corrected chi connectivity index (χ0v) is 9.01. The van der Waals surface area contributed by atoms with Gasteiger partial charge >= 0.3 is 0 Å². The average molecular weight is 216 g/mol. The fraction of sp³-hybridized carbons (Fsp3) is 0.400. The van der Waals surface area contributed by atoms with Gasteiger partial charge in [0.1, 0.15) is 5.75 Å². The number of hydrogen-bond acceptors (Lipinski definition) is 3. The number of benzene rings is 1. The van der Waals surface area contributed by atoms with Crippen LogP contribution in [0.25, 0.3) is 0 Å². The quantitative estimate of drug-likeness (QED) is 0.762. The Morgan fingerprint density at radius 3 is 2.71 bits per heavy atom. The van der Waals surface area contributed by atoms with Crippen molar-refractivity contribution in [2.75, 3.05) is 12.3 Å². The van der Waals surface area contributed by atoms with Crippen molar-refractivity contribution in [2.45, 2.75) is 20.0 Å². The molecule has 0 fully saturated rings. The molecule has 0 aliphatic rings. The molecular weight excluding hydrogens is 202 g/mol. The molecule has 0 heterocycles. The molecule has 3 nitrogen and oxygen atoms in total. The maximum atomic E-state index is 9.41. The van der Waals surface area contributed by atoms with Gasteiger partial charge in [0.15, 0.2) is 0 Å². The SMILES string of the molecule is CCOc1cc(C(C)O)c(N)cc1Cl. The van der Waals surface area contributed by atoms with Crippen molar-refractivity contribution in [3.05, 3.63) is 22.7 Å². The Labute approximate surface area is 88.4 Å². The zero-order chi connectivity index (χ0) is 10.7. The molecule has 0 radical (unpaired) electrons. The molecule has 1 aromatic carbocycles. The Balaban J connectivity index is 3.13. The first kappa shape index (κ1) is 11.1. The molecule has 0 aliphatic carbocycles. The fourth-order valence-electron chi connectivity index (χ4n) is 1.21.